The summed E-state index contributed by atoms with van der Waals surface area (Å²) in [6.07, 6.45) is 0.0295. The first-order valence-electron chi connectivity index (χ1n) is 10.3. The molecule has 0 radical (unpaired) electrons. The SMILES string of the molecule is CC(C)Oc1ccccc1NC(=O)CNc1ccc(OCCOc2ccccc2)cc1. The molecule has 3 aromatic carbocycles. The van der Waals surface area contributed by atoms with E-state index in [9.17, 15) is 4.79 Å². The second kappa shape index (κ2) is 11.5. The summed E-state index contributed by atoms with van der Waals surface area (Å²) >= 11 is 0. The lowest BCUT2D eigenvalue weighted by atomic mass is 10.2. The van der Waals surface area contributed by atoms with Gasteiger partial charge in [-0.2, -0.15) is 0 Å². The molecule has 0 bridgehead atoms. The number of para-hydroxylation sites is 3. The Bertz CT molecular complexity index is 943. The normalized spacial score (nSPS) is 10.4. The Morgan fingerprint density at radius 2 is 1.42 bits per heavy atom. The summed E-state index contributed by atoms with van der Waals surface area (Å²) in [7, 11) is 0. The van der Waals surface area contributed by atoms with Crippen LogP contribution in [0.15, 0.2) is 78.9 Å². The molecule has 0 aromatic heterocycles. The smallest absolute Gasteiger partial charge is 0.243 e. The zero-order valence-electron chi connectivity index (χ0n) is 17.8. The quantitative estimate of drug-likeness (QED) is 0.428. The van der Waals surface area contributed by atoms with Crippen LogP contribution in [0.2, 0.25) is 0 Å². The van der Waals surface area contributed by atoms with Gasteiger partial charge in [-0.1, -0.05) is 30.3 Å². The molecule has 0 saturated heterocycles. The molecule has 0 heterocycles. The highest BCUT2D eigenvalue weighted by Gasteiger charge is 2.09. The molecule has 3 aromatic rings. The summed E-state index contributed by atoms with van der Waals surface area (Å²) < 4.78 is 17.0. The number of hydrogen-bond acceptors (Lipinski definition) is 5. The molecular weight excluding hydrogens is 392 g/mol. The van der Waals surface area contributed by atoms with Gasteiger partial charge in [-0.05, 0) is 62.4 Å². The molecular formula is C25H28N2O4. The number of hydrogen-bond donors (Lipinski definition) is 2. The number of nitrogens with one attached hydrogen (secondary N) is 2. The molecule has 2 N–H and O–H groups in total. The second-order valence-electron chi connectivity index (χ2n) is 7.10. The number of benzene rings is 3. The van der Waals surface area contributed by atoms with Crippen LogP contribution in [0.3, 0.4) is 0 Å². The molecule has 1 amide bonds. The molecule has 0 spiro atoms. The van der Waals surface area contributed by atoms with Crippen molar-refractivity contribution in [3.63, 3.8) is 0 Å². The lowest BCUT2D eigenvalue weighted by molar-refractivity contribution is -0.114. The number of amides is 1. The average molecular weight is 421 g/mol. The molecule has 0 unspecified atom stereocenters. The first-order chi connectivity index (χ1) is 15.1. The van der Waals surface area contributed by atoms with Crippen molar-refractivity contribution in [3.05, 3.63) is 78.9 Å². The van der Waals surface area contributed by atoms with Crippen molar-refractivity contribution >= 4 is 17.3 Å². The van der Waals surface area contributed by atoms with Gasteiger partial charge in [0.1, 0.15) is 30.5 Å². The van der Waals surface area contributed by atoms with Crippen LogP contribution in [0, 0.1) is 0 Å². The van der Waals surface area contributed by atoms with Crippen LogP contribution in [0.1, 0.15) is 13.8 Å². The highest BCUT2D eigenvalue weighted by molar-refractivity contribution is 5.95. The molecule has 3 rings (SSSR count). The highest BCUT2D eigenvalue weighted by Crippen LogP contribution is 2.24. The lowest BCUT2D eigenvalue weighted by Crippen LogP contribution is -2.22. The predicted molar refractivity (Wildman–Crippen MR) is 123 cm³/mol. The van der Waals surface area contributed by atoms with Gasteiger partial charge in [0.2, 0.25) is 5.91 Å². The Kier molecular flexibility index (Phi) is 8.17. The molecule has 0 fully saturated rings. The number of carbonyl (C=O) groups is 1. The van der Waals surface area contributed by atoms with E-state index in [0.29, 0.717) is 24.7 Å². The number of anilines is 2. The van der Waals surface area contributed by atoms with Gasteiger partial charge >= 0.3 is 0 Å². The zero-order valence-corrected chi connectivity index (χ0v) is 17.8. The van der Waals surface area contributed by atoms with Crippen LogP contribution in [0.25, 0.3) is 0 Å². The maximum absolute atomic E-state index is 12.3. The Morgan fingerprint density at radius 3 is 2.10 bits per heavy atom. The minimum Gasteiger partial charge on any atom is -0.490 e. The fourth-order valence-corrected chi connectivity index (χ4v) is 2.81. The third kappa shape index (κ3) is 7.59. The van der Waals surface area contributed by atoms with Crippen molar-refractivity contribution in [2.75, 3.05) is 30.4 Å². The maximum Gasteiger partial charge on any atom is 0.243 e. The van der Waals surface area contributed by atoms with Crippen LogP contribution in [0.5, 0.6) is 17.2 Å². The highest BCUT2D eigenvalue weighted by atomic mass is 16.5. The van der Waals surface area contributed by atoms with Gasteiger partial charge in [0, 0.05) is 5.69 Å². The van der Waals surface area contributed by atoms with E-state index in [1.54, 1.807) is 0 Å². The largest absolute Gasteiger partial charge is 0.490 e. The number of carbonyl (C=O) groups excluding carboxylic acids is 1. The molecule has 6 nitrogen and oxygen atoms in total. The first kappa shape index (κ1) is 22.0. The Hall–Kier alpha value is -3.67. The van der Waals surface area contributed by atoms with Gasteiger partial charge < -0.3 is 24.8 Å². The minimum absolute atomic E-state index is 0.0295. The van der Waals surface area contributed by atoms with E-state index >= 15 is 0 Å². The van der Waals surface area contributed by atoms with E-state index in [0.717, 1.165) is 17.2 Å². The van der Waals surface area contributed by atoms with Gasteiger partial charge in [-0.15, -0.1) is 0 Å². The van der Waals surface area contributed by atoms with Gasteiger partial charge in [0.05, 0.1) is 18.3 Å². The molecule has 162 valence electrons. The van der Waals surface area contributed by atoms with Gasteiger partial charge in [-0.3, -0.25) is 4.79 Å². The standard InChI is InChI=1S/C25H28N2O4/c1-19(2)31-24-11-7-6-10-23(24)27-25(28)18-26-20-12-14-22(15-13-20)30-17-16-29-21-8-4-3-5-9-21/h3-15,19,26H,16-18H2,1-2H3,(H,27,28). The van der Waals surface area contributed by atoms with E-state index in [-0.39, 0.29) is 18.6 Å². The molecule has 0 atom stereocenters. The van der Waals surface area contributed by atoms with Crippen molar-refractivity contribution in [1.82, 2.24) is 0 Å². The summed E-state index contributed by atoms with van der Waals surface area (Å²) in [6.45, 7) is 4.95. The zero-order chi connectivity index (χ0) is 21.9. The third-order valence-electron chi connectivity index (χ3n) is 4.20. The van der Waals surface area contributed by atoms with Gasteiger partial charge in [-0.25, -0.2) is 0 Å². The van der Waals surface area contributed by atoms with Crippen molar-refractivity contribution in [2.45, 2.75) is 20.0 Å². The van der Waals surface area contributed by atoms with E-state index in [2.05, 4.69) is 10.6 Å². The fraction of sp³-hybridized carbons (Fsp3) is 0.240. The molecule has 31 heavy (non-hydrogen) atoms. The van der Waals surface area contributed by atoms with Crippen LogP contribution in [-0.4, -0.2) is 31.8 Å². The van der Waals surface area contributed by atoms with Crippen LogP contribution in [0.4, 0.5) is 11.4 Å². The van der Waals surface area contributed by atoms with E-state index in [1.807, 2.05) is 92.7 Å². The van der Waals surface area contributed by atoms with Crippen molar-refractivity contribution in [1.29, 1.82) is 0 Å². The van der Waals surface area contributed by atoms with Gasteiger partial charge in [0.25, 0.3) is 0 Å². The summed E-state index contributed by atoms with van der Waals surface area (Å²) in [5.74, 6) is 2.07. The van der Waals surface area contributed by atoms with E-state index < -0.39 is 0 Å². The number of ether oxygens (including phenoxy) is 3. The van der Waals surface area contributed by atoms with Crippen molar-refractivity contribution in [3.8, 4) is 17.2 Å². The van der Waals surface area contributed by atoms with Crippen molar-refractivity contribution < 1.29 is 19.0 Å². The molecule has 0 aliphatic heterocycles. The Labute approximate surface area is 183 Å². The molecule has 0 saturated carbocycles. The Balaban J connectivity index is 1.40. The van der Waals surface area contributed by atoms with Crippen LogP contribution in [-0.2, 0) is 4.79 Å². The molecule has 0 aliphatic rings. The number of rotatable bonds is 11. The second-order valence-corrected chi connectivity index (χ2v) is 7.10. The van der Waals surface area contributed by atoms with E-state index in [4.69, 9.17) is 14.2 Å². The first-order valence-corrected chi connectivity index (χ1v) is 10.3. The monoisotopic (exact) mass is 420 g/mol. The maximum atomic E-state index is 12.3. The molecule has 6 heteroatoms. The predicted octanol–water partition coefficient (Wildman–Crippen LogP) is 4.98. The van der Waals surface area contributed by atoms with Crippen molar-refractivity contribution in [2.24, 2.45) is 0 Å². The lowest BCUT2D eigenvalue weighted by Gasteiger charge is -2.15. The topological polar surface area (TPSA) is 68.8 Å². The summed E-state index contributed by atoms with van der Waals surface area (Å²) in [6, 6.07) is 24.5. The fourth-order valence-electron chi connectivity index (χ4n) is 2.81. The molecule has 0 aliphatic carbocycles. The van der Waals surface area contributed by atoms with Gasteiger partial charge in [0.15, 0.2) is 0 Å². The van der Waals surface area contributed by atoms with E-state index in [1.165, 1.54) is 0 Å². The average Bonchev–Trinajstić information content (AvgIpc) is 2.78. The van der Waals surface area contributed by atoms with Crippen LogP contribution < -0.4 is 24.8 Å². The summed E-state index contributed by atoms with van der Waals surface area (Å²) in [5, 5.41) is 5.99. The summed E-state index contributed by atoms with van der Waals surface area (Å²) in [5.41, 5.74) is 1.49. The third-order valence-corrected chi connectivity index (χ3v) is 4.20. The Morgan fingerprint density at radius 1 is 0.806 bits per heavy atom. The summed E-state index contributed by atoms with van der Waals surface area (Å²) in [4.78, 5) is 12.3. The van der Waals surface area contributed by atoms with Crippen LogP contribution >= 0.6 is 0 Å². The minimum atomic E-state index is -0.154.